The molecule has 2 aromatic rings. The second kappa shape index (κ2) is 7.19. The van der Waals surface area contributed by atoms with Crippen LogP contribution in [0.5, 0.6) is 0 Å². The van der Waals surface area contributed by atoms with Gasteiger partial charge < -0.3 is 15.1 Å². The summed E-state index contributed by atoms with van der Waals surface area (Å²) >= 11 is 5.89. The van der Waals surface area contributed by atoms with E-state index in [0.29, 0.717) is 23.8 Å². The molecule has 0 spiro atoms. The van der Waals surface area contributed by atoms with Crippen molar-refractivity contribution in [3.8, 4) is 0 Å². The molecule has 0 bridgehead atoms. The molecular formula is C16H21ClN6O. The van der Waals surface area contributed by atoms with Crippen LogP contribution in [-0.4, -0.2) is 59.3 Å². The number of rotatable bonds is 5. The highest BCUT2D eigenvalue weighted by Gasteiger charge is 2.21. The van der Waals surface area contributed by atoms with Gasteiger partial charge in [-0.1, -0.05) is 11.6 Å². The average molecular weight is 349 g/mol. The summed E-state index contributed by atoms with van der Waals surface area (Å²) in [6.45, 7) is 3.60. The fourth-order valence-corrected chi connectivity index (χ4v) is 2.72. The second-order valence-corrected chi connectivity index (χ2v) is 6.50. The lowest BCUT2D eigenvalue weighted by atomic mass is 10.2. The number of fused-ring (bicyclic) bond motifs is 1. The number of aromatic nitrogens is 3. The van der Waals surface area contributed by atoms with Crippen molar-refractivity contribution in [2.45, 2.75) is 13.1 Å². The van der Waals surface area contributed by atoms with Crippen LogP contribution >= 0.6 is 11.6 Å². The normalized spacial score (nSPS) is 13.9. The maximum atomic E-state index is 12.2. The number of carbonyl (C=O) groups excluding carboxylic acids is 1. The Morgan fingerprint density at radius 1 is 1.38 bits per heavy atom. The van der Waals surface area contributed by atoms with Gasteiger partial charge in [-0.05, 0) is 32.3 Å². The highest BCUT2D eigenvalue weighted by Crippen LogP contribution is 2.20. The van der Waals surface area contributed by atoms with E-state index < -0.39 is 0 Å². The molecule has 8 heteroatoms. The van der Waals surface area contributed by atoms with Gasteiger partial charge in [0.15, 0.2) is 5.69 Å². The molecule has 0 saturated heterocycles. The molecule has 0 atom stereocenters. The number of carbonyl (C=O) groups is 1. The van der Waals surface area contributed by atoms with Gasteiger partial charge in [0.25, 0.3) is 5.91 Å². The van der Waals surface area contributed by atoms with E-state index in [9.17, 15) is 4.79 Å². The highest BCUT2D eigenvalue weighted by molar-refractivity contribution is 6.30. The van der Waals surface area contributed by atoms with Gasteiger partial charge in [-0.2, -0.15) is 5.10 Å². The monoisotopic (exact) mass is 348 g/mol. The molecule has 2 aromatic heterocycles. The third-order valence-electron chi connectivity index (χ3n) is 3.91. The third-order valence-corrected chi connectivity index (χ3v) is 4.13. The van der Waals surface area contributed by atoms with Gasteiger partial charge in [0.2, 0.25) is 0 Å². The minimum absolute atomic E-state index is 0.130. The predicted octanol–water partition coefficient (Wildman–Crippen LogP) is 1.24. The van der Waals surface area contributed by atoms with Crippen LogP contribution in [0.15, 0.2) is 24.4 Å². The Kier molecular flexibility index (Phi) is 5.01. The Labute approximate surface area is 146 Å². The largest absolute Gasteiger partial charge is 0.349 e. The Morgan fingerprint density at radius 3 is 2.92 bits per heavy atom. The van der Waals surface area contributed by atoms with Crippen LogP contribution < -0.4 is 10.2 Å². The van der Waals surface area contributed by atoms with Crippen LogP contribution in [0.2, 0.25) is 5.02 Å². The van der Waals surface area contributed by atoms with E-state index in [4.69, 9.17) is 11.6 Å². The first-order chi connectivity index (χ1) is 11.5. The van der Waals surface area contributed by atoms with Crippen molar-refractivity contribution < 1.29 is 4.79 Å². The molecule has 7 nitrogen and oxygen atoms in total. The molecule has 0 aromatic carbocycles. The van der Waals surface area contributed by atoms with Crippen molar-refractivity contribution in [1.82, 2.24) is 25.0 Å². The Bertz CT molecular complexity index is 712. The molecule has 1 amide bonds. The first-order valence-corrected chi connectivity index (χ1v) is 8.27. The number of likely N-dealkylation sites (N-methyl/N-ethyl adjacent to an activating group) is 1. The molecular weight excluding hydrogens is 328 g/mol. The van der Waals surface area contributed by atoms with Crippen molar-refractivity contribution in [3.05, 3.63) is 40.8 Å². The summed E-state index contributed by atoms with van der Waals surface area (Å²) in [6, 6.07) is 5.59. The Balaban J connectivity index is 1.66. The first-order valence-electron chi connectivity index (χ1n) is 7.89. The molecule has 1 N–H and O–H groups in total. The summed E-state index contributed by atoms with van der Waals surface area (Å²) in [7, 11) is 3.95. The van der Waals surface area contributed by atoms with E-state index in [2.05, 4.69) is 20.3 Å². The van der Waals surface area contributed by atoms with Gasteiger partial charge in [-0.15, -0.1) is 0 Å². The minimum atomic E-state index is -0.130. The summed E-state index contributed by atoms with van der Waals surface area (Å²) in [5.74, 6) is 0.749. The molecule has 3 rings (SSSR count). The molecule has 1 aliphatic rings. The summed E-state index contributed by atoms with van der Waals surface area (Å²) in [4.78, 5) is 20.7. The number of pyridine rings is 1. The van der Waals surface area contributed by atoms with E-state index in [1.165, 1.54) is 0 Å². The second-order valence-electron chi connectivity index (χ2n) is 6.06. The van der Waals surface area contributed by atoms with E-state index >= 15 is 0 Å². The average Bonchev–Trinajstić information content (AvgIpc) is 2.98. The highest BCUT2D eigenvalue weighted by atomic mass is 35.5. The molecule has 128 valence electrons. The molecule has 0 radical (unpaired) electrons. The molecule has 1 aliphatic heterocycles. The fraction of sp³-hybridized carbons (Fsp3) is 0.438. The molecule has 0 aliphatic carbocycles. The molecule has 24 heavy (non-hydrogen) atoms. The zero-order chi connectivity index (χ0) is 17.1. The SMILES string of the molecule is CN(C)CCNC(=O)c1cc2n(n1)CCN(c1ccc(Cl)cn1)C2. The van der Waals surface area contributed by atoms with E-state index in [-0.39, 0.29) is 5.91 Å². The molecule has 3 heterocycles. The quantitative estimate of drug-likeness (QED) is 0.880. The van der Waals surface area contributed by atoms with Gasteiger partial charge in [0, 0.05) is 25.8 Å². The lowest BCUT2D eigenvalue weighted by Crippen LogP contribution is -2.34. The van der Waals surface area contributed by atoms with Crippen LogP contribution in [0.25, 0.3) is 0 Å². The zero-order valence-corrected chi connectivity index (χ0v) is 14.6. The molecule has 0 saturated carbocycles. The molecule has 0 unspecified atom stereocenters. The van der Waals surface area contributed by atoms with E-state index in [1.807, 2.05) is 41.9 Å². The van der Waals surface area contributed by atoms with Gasteiger partial charge in [0.1, 0.15) is 5.82 Å². The molecule has 0 fully saturated rings. The number of anilines is 1. The minimum Gasteiger partial charge on any atom is -0.349 e. The third kappa shape index (κ3) is 3.85. The summed E-state index contributed by atoms with van der Waals surface area (Å²) in [6.07, 6.45) is 1.65. The number of hydrogen-bond donors (Lipinski definition) is 1. The number of nitrogens with one attached hydrogen (secondary N) is 1. The topological polar surface area (TPSA) is 66.3 Å². The van der Waals surface area contributed by atoms with Crippen molar-refractivity contribution in [2.24, 2.45) is 0 Å². The van der Waals surface area contributed by atoms with Crippen molar-refractivity contribution in [3.63, 3.8) is 0 Å². The van der Waals surface area contributed by atoms with Crippen LogP contribution in [-0.2, 0) is 13.1 Å². The van der Waals surface area contributed by atoms with Crippen molar-refractivity contribution in [2.75, 3.05) is 38.6 Å². The van der Waals surface area contributed by atoms with E-state index in [1.54, 1.807) is 6.20 Å². The van der Waals surface area contributed by atoms with Gasteiger partial charge in [-0.25, -0.2) is 4.98 Å². The smallest absolute Gasteiger partial charge is 0.271 e. The number of halogens is 1. The summed E-state index contributed by atoms with van der Waals surface area (Å²) < 4.78 is 1.90. The van der Waals surface area contributed by atoms with Crippen LogP contribution in [0.4, 0.5) is 5.82 Å². The number of nitrogens with zero attached hydrogens (tertiary/aromatic N) is 5. The van der Waals surface area contributed by atoms with Crippen molar-refractivity contribution >= 4 is 23.3 Å². The fourth-order valence-electron chi connectivity index (χ4n) is 2.61. The van der Waals surface area contributed by atoms with Gasteiger partial charge in [0.05, 0.1) is 23.8 Å². The number of hydrogen-bond acceptors (Lipinski definition) is 5. The first kappa shape index (κ1) is 16.7. The summed E-state index contributed by atoms with van der Waals surface area (Å²) in [5, 5.41) is 7.93. The zero-order valence-electron chi connectivity index (χ0n) is 13.9. The lowest BCUT2D eigenvalue weighted by Gasteiger charge is -2.28. The number of amides is 1. The Hall–Kier alpha value is -2.12. The van der Waals surface area contributed by atoms with Crippen LogP contribution in [0.1, 0.15) is 16.2 Å². The summed E-state index contributed by atoms with van der Waals surface area (Å²) in [5.41, 5.74) is 1.48. The maximum absolute atomic E-state index is 12.2. The van der Waals surface area contributed by atoms with Crippen LogP contribution in [0, 0.1) is 0 Å². The van der Waals surface area contributed by atoms with Crippen LogP contribution in [0.3, 0.4) is 0 Å². The van der Waals surface area contributed by atoms with Crippen molar-refractivity contribution in [1.29, 1.82) is 0 Å². The Morgan fingerprint density at radius 2 is 2.21 bits per heavy atom. The standard InChI is InChI=1S/C16H21ClN6O/c1-21(2)6-5-18-16(24)14-9-13-11-22(7-8-23(13)20-14)15-4-3-12(17)10-19-15/h3-4,9-10H,5-8,11H2,1-2H3,(H,18,24). The van der Waals surface area contributed by atoms with E-state index in [0.717, 1.165) is 31.1 Å². The predicted molar refractivity (Wildman–Crippen MR) is 93.4 cm³/mol. The lowest BCUT2D eigenvalue weighted by molar-refractivity contribution is 0.0945. The van der Waals surface area contributed by atoms with Gasteiger partial charge in [-0.3, -0.25) is 9.48 Å². The maximum Gasteiger partial charge on any atom is 0.271 e. The van der Waals surface area contributed by atoms with Gasteiger partial charge >= 0.3 is 0 Å².